The molecule has 0 unspecified atom stereocenters. The summed E-state index contributed by atoms with van der Waals surface area (Å²) in [5.74, 6) is 5.43. The van der Waals surface area contributed by atoms with E-state index < -0.39 is 0 Å². The smallest absolute Gasteiger partial charge is 0.155 e. The molecule has 0 bridgehead atoms. The maximum absolute atomic E-state index is 12.3. The maximum Gasteiger partial charge on any atom is 0.155 e. The molecule has 9 atom stereocenters. The highest BCUT2D eigenvalue weighted by Crippen LogP contribution is 2.64. The Morgan fingerprint density at radius 3 is 2.56 bits per heavy atom. The molecule has 1 spiro atoms. The number of ether oxygens (including phenoxy) is 2. The number of fused-ring (bicyclic) bond motifs is 6. The normalized spacial score (nSPS) is 39.5. The van der Waals surface area contributed by atoms with Crippen LogP contribution in [-0.4, -0.2) is 35.0 Å². The van der Waals surface area contributed by atoms with E-state index in [1.165, 1.54) is 43.2 Å². The fourth-order valence-corrected chi connectivity index (χ4v) is 11.2. The number of rotatable bonds is 4. The molecule has 0 aromatic heterocycles. The lowest BCUT2D eigenvalue weighted by Crippen LogP contribution is -2.51. The van der Waals surface area contributed by atoms with E-state index in [2.05, 4.69) is 56.9 Å². The second kappa shape index (κ2) is 11.2. The molecule has 4 heteroatoms. The van der Waals surface area contributed by atoms with Crippen molar-refractivity contribution in [2.75, 3.05) is 6.54 Å². The van der Waals surface area contributed by atoms with Crippen LogP contribution in [0.5, 0.6) is 11.5 Å². The molecule has 2 aliphatic heterocycles. The molecule has 2 heterocycles. The van der Waals surface area contributed by atoms with Gasteiger partial charge in [-0.2, -0.15) is 0 Å². The molecule has 2 aromatic rings. The number of nitrogens with zero attached hydrogens (tertiary/aromatic N) is 1. The molecule has 2 saturated heterocycles. The van der Waals surface area contributed by atoms with E-state index in [0.717, 1.165) is 56.2 Å². The Labute approximate surface area is 270 Å². The Morgan fingerprint density at radius 2 is 1.76 bits per heavy atom. The second-order valence-electron chi connectivity index (χ2n) is 16.0. The van der Waals surface area contributed by atoms with Crippen molar-refractivity contribution < 1.29 is 14.3 Å². The lowest BCUT2D eigenvalue weighted by Gasteiger charge is -2.48. The number of piperidine rings is 1. The molecule has 0 radical (unpaired) electrons. The first-order valence-electron chi connectivity index (χ1n) is 17.9. The Bertz CT molecular complexity index is 1510. The van der Waals surface area contributed by atoms with Crippen LogP contribution < -0.4 is 4.74 Å². The summed E-state index contributed by atoms with van der Waals surface area (Å²) in [7, 11) is 0. The van der Waals surface area contributed by atoms with Crippen molar-refractivity contribution in [3.05, 3.63) is 83.0 Å². The van der Waals surface area contributed by atoms with E-state index in [9.17, 15) is 4.79 Å². The van der Waals surface area contributed by atoms with Gasteiger partial charge in [-0.25, -0.2) is 0 Å². The van der Waals surface area contributed by atoms with Crippen LogP contribution in [0.3, 0.4) is 0 Å². The van der Waals surface area contributed by atoms with Crippen molar-refractivity contribution in [3.8, 4) is 11.5 Å². The van der Waals surface area contributed by atoms with Gasteiger partial charge in [0.2, 0.25) is 0 Å². The zero-order valence-corrected chi connectivity index (χ0v) is 27.8. The molecule has 2 aromatic carbocycles. The van der Waals surface area contributed by atoms with Crippen molar-refractivity contribution >= 4 is 5.78 Å². The van der Waals surface area contributed by atoms with Crippen LogP contribution in [0.25, 0.3) is 0 Å². The van der Waals surface area contributed by atoms with Crippen molar-refractivity contribution in [1.82, 2.24) is 4.90 Å². The van der Waals surface area contributed by atoms with Gasteiger partial charge in [0.25, 0.3) is 0 Å². The highest BCUT2D eigenvalue weighted by atomic mass is 16.5. The third-order valence-corrected chi connectivity index (χ3v) is 13.4. The fraction of sp³-hybridized carbons (Fsp3) is 0.585. The third-order valence-electron chi connectivity index (χ3n) is 13.4. The van der Waals surface area contributed by atoms with E-state index in [-0.39, 0.29) is 11.0 Å². The van der Waals surface area contributed by atoms with Crippen LogP contribution in [0, 0.1) is 35.0 Å². The lowest BCUT2D eigenvalue weighted by atomic mass is 9.56. The van der Waals surface area contributed by atoms with Crippen LogP contribution >= 0.6 is 0 Å². The minimum atomic E-state index is -0.0527. The van der Waals surface area contributed by atoms with Crippen LogP contribution in [0.4, 0.5) is 0 Å². The van der Waals surface area contributed by atoms with E-state index in [0.29, 0.717) is 41.6 Å². The van der Waals surface area contributed by atoms with E-state index in [4.69, 9.17) is 9.47 Å². The predicted octanol–water partition coefficient (Wildman–Crippen LogP) is 9.31. The van der Waals surface area contributed by atoms with Crippen LogP contribution in [0.15, 0.2) is 77.4 Å². The fourth-order valence-electron chi connectivity index (χ4n) is 11.2. The van der Waals surface area contributed by atoms with Crippen molar-refractivity contribution in [2.45, 2.75) is 110 Å². The molecular formula is C41H51NO3. The molecule has 45 heavy (non-hydrogen) atoms. The van der Waals surface area contributed by atoms with Crippen LogP contribution in [0.1, 0.15) is 91.0 Å². The number of hydrogen-bond acceptors (Lipinski definition) is 4. The standard InChI is InChI=1S/C41H51NO3/c1-26-20-38-39(42(24-26)25-29-10-13-33(14-11-29)44-32-8-6-5-7-9-32)28(3)41(45-38)19-17-34-35-15-12-30-21-31(43)16-18-40(30,4)37(35)22-36(34)27(2)23-41/h5-11,13-14,21,26,28,34-35,37-39H,12,15-20,22-25H2,1-4H3/t26-,28+,34-,35-,37-,38+,39-,40-,41-/m0/s1. The van der Waals surface area contributed by atoms with E-state index in [1.54, 1.807) is 11.1 Å². The minimum absolute atomic E-state index is 0.0527. The Hall–Kier alpha value is -2.69. The summed E-state index contributed by atoms with van der Waals surface area (Å²) in [6.45, 7) is 12.0. The number of carbonyl (C=O) groups excluding carboxylic acids is 1. The average molecular weight is 606 g/mol. The summed E-state index contributed by atoms with van der Waals surface area (Å²) in [4.78, 5) is 15.1. The monoisotopic (exact) mass is 605 g/mol. The predicted molar refractivity (Wildman–Crippen MR) is 179 cm³/mol. The molecular weight excluding hydrogens is 554 g/mol. The summed E-state index contributed by atoms with van der Waals surface area (Å²) in [6.07, 6.45) is 12.5. The Balaban J connectivity index is 1.01. The van der Waals surface area contributed by atoms with Gasteiger partial charge < -0.3 is 9.47 Å². The van der Waals surface area contributed by atoms with E-state index >= 15 is 0 Å². The first-order valence-corrected chi connectivity index (χ1v) is 17.9. The van der Waals surface area contributed by atoms with Gasteiger partial charge in [-0.05, 0) is 123 Å². The number of hydrogen-bond donors (Lipinski definition) is 0. The maximum atomic E-state index is 12.3. The molecule has 0 amide bonds. The van der Waals surface area contributed by atoms with Gasteiger partial charge in [0.15, 0.2) is 5.78 Å². The SMILES string of the molecule is CC1=C2C[C@H]3[C@@H](CCC4=CC(=O)CC[C@@]43C)[C@@H]2CC[C@@]2(C1)O[C@@H]1C[C@H](C)CN(Cc3ccc(Oc4ccccc4)cc3)[C@H]1[C@H]2C. The highest BCUT2D eigenvalue weighted by molar-refractivity contribution is 5.91. The molecule has 0 N–H and O–H groups in total. The molecule has 238 valence electrons. The second-order valence-corrected chi connectivity index (χ2v) is 16.0. The van der Waals surface area contributed by atoms with Crippen LogP contribution in [-0.2, 0) is 16.1 Å². The average Bonchev–Trinajstić information content (AvgIpc) is 3.49. The molecule has 8 rings (SSSR count). The van der Waals surface area contributed by atoms with Gasteiger partial charge in [0.1, 0.15) is 11.5 Å². The van der Waals surface area contributed by atoms with Crippen molar-refractivity contribution in [2.24, 2.45) is 35.0 Å². The molecule has 4 aliphatic carbocycles. The number of allylic oxidation sites excluding steroid dienone is 3. The lowest BCUT2D eigenvalue weighted by molar-refractivity contribution is -0.116. The molecule has 6 aliphatic rings. The van der Waals surface area contributed by atoms with E-state index in [1.807, 2.05) is 36.4 Å². The molecule has 4 nitrogen and oxygen atoms in total. The minimum Gasteiger partial charge on any atom is -0.457 e. The van der Waals surface area contributed by atoms with Gasteiger partial charge in [-0.1, -0.05) is 67.8 Å². The third kappa shape index (κ3) is 5.06. The highest BCUT2D eigenvalue weighted by Gasteiger charge is 2.59. The first-order chi connectivity index (χ1) is 21.7. The van der Waals surface area contributed by atoms with Crippen molar-refractivity contribution in [1.29, 1.82) is 0 Å². The Morgan fingerprint density at radius 1 is 0.978 bits per heavy atom. The summed E-state index contributed by atoms with van der Waals surface area (Å²) in [5, 5.41) is 0. The quantitative estimate of drug-likeness (QED) is 0.326. The number of carbonyl (C=O) groups is 1. The van der Waals surface area contributed by atoms with Crippen molar-refractivity contribution in [3.63, 3.8) is 0 Å². The molecule has 4 fully saturated rings. The number of benzene rings is 2. The summed E-state index contributed by atoms with van der Waals surface area (Å²) in [5.41, 5.74) is 6.39. The topological polar surface area (TPSA) is 38.8 Å². The van der Waals surface area contributed by atoms with Crippen LogP contribution in [0.2, 0.25) is 0 Å². The summed E-state index contributed by atoms with van der Waals surface area (Å²) in [6, 6.07) is 19.2. The van der Waals surface area contributed by atoms with Gasteiger partial charge in [0.05, 0.1) is 11.7 Å². The zero-order chi connectivity index (χ0) is 30.9. The number of ketones is 1. The first kappa shape index (κ1) is 29.7. The number of likely N-dealkylation sites (tertiary alicyclic amines) is 1. The van der Waals surface area contributed by atoms with Gasteiger partial charge in [-0.3, -0.25) is 9.69 Å². The van der Waals surface area contributed by atoms with Gasteiger partial charge in [-0.15, -0.1) is 0 Å². The van der Waals surface area contributed by atoms with Gasteiger partial charge >= 0.3 is 0 Å². The summed E-state index contributed by atoms with van der Waals surface area (Å²) < 4.78 is 13.4. The van der Waals surface area contributed by atoms with Gasteiger partial charge in [0, 0.05) is 31.5 Å². The largest absolute Gasteiger partial charge is 0.457 e. The Kier molecular flexibility index (Phi) is 7.41. The summed E-state index contributed by atoms with van der Waals surface area (Å²) >= 11 is 0. The zero-order valence-electron chi connectivity index (χ0n) is 27.8. The molecule has 2 saturated carbocycles. The number of para-hydroxylation sites is 1.